The molecule has 4 heterocycles. The van der Waals surface area contributed by atoms with Crippen molar-refractivity contribution >= 4 is 88.4 Å². The Balaban J connectivity index is 1.12. The molecule has 0 saturated carbocycles. The van der Waals surface area contributed by atoms with E-state index < -0.39 is 20.5 Å². The summed E-state index contributed by atoms with van der Waals surface area (Å²) in [4.78, 5) is 16.5. The molecule has 0 aliphatic carbocycles. The molecule has 64 heavy (non-hydrogen) atoms. The zero-order chi connectivity index (χ0) is 42.2. The molecule has 1 aliphatic heterocycles. The van der Waals surface area contributed by atoms with Crippen LogP contribution in [0.25, 0.3) is 78.0 Å². The van der Waals surface area contributed by atoms with Crippen molar-refractivity contribution in [3.05, 3.63) is 231 Å². The van der Waals surface area contributed by atoms with Crippen molar-refractivity contribution in [1.29, 1.82) is 0 Å². The summed E-state index contributed by atoms with van der Waals surface area (Å²) in [5.74, 6) is 1.78. The number of aromatic nitrogens is 5. The van der Waals surface area contributed by atoms with Gasteiger partial charge in [-0.3, -0.25) is 0 Å². The van der Waals surface area contributed by atoms with Crippen LogP contribution in [0, 0.1) is 0 Å². The van der Waals surface area contributed by atoms with E-state index >= 15 is 0 Å². The third-order valence-corrected chi connectivity index (χ3v) is 32.4. The van der Waals surface area contributed by atoms with Gasteiger partial charge in [-0.05, 0) is 0 Å². The summed E-state index contributed by atoms with van der Waals surface area (Å²) in [6.07, 6.45) is 0. The Labute approximate surface area is 375 Å². The van der Waals surface area contributed by atoms with Crippen LogP contribution in [-0.4, -0.2) is 44.6 Å². The Morgan fingerprint density at radius 1 is 0.328 bits per heavy atom. The van der Waals surface area contributed by atoms with E-state index in [1.54, 1.807) is 0 Å². The van der Waals surface area contributed by atoms with Crippen LogP contribution in [0.4, 0.5) is 0 Å². The van der Waals surface area contributed by atoms with Crippen LogP contribution >= 0.6 is 0 Å². The first-order valence-electron chi connectivity index (χ1n) is 21.7. The van der Waals surface area contributed by atoms with Gasteiger partial charge in [0, 0.05) is 0 Å². The van der Waals surface area contributed by atoms with Gasteiger partial charge in [0.15, 0.2) is 0 Å². The number of benzene rings is 9. The molecule has 0 unspecified atom stereocenters. The molecule has 5 nitrogen and oxygen atoms in total. The molecule has 12 aromatic rings. The molecule has 7 heteroatoms. The fourth-order valence-corrected chi connectivity index (χ4v) is 32.5. The van der Waals surface area contributed by atoms with E-state index in [-0.39, 0.29) is 0 Å². The molecule has 3 aromatic heterocycles. The van der Waals surface area contributed by atoms with Crippen LogP contribution in [0.2, 0.25) is 0 Å². The number of hydrogen-bond donors (Lipinski definition) is 0. The number of nitrogens with zero attached hydrogens (tertiary/aromatic N) is 5. The summed E-state index contributed by atoms with van der Waals surface area (Å²) < 4.78 is 7.46. The van der Waals surface area contributed by atoms with Crippen molar-refractivity contribution in [2.24, 2.45) is 0 Å². The summed E-state index contributed by atoms with van der Waals surface area (Å²) in [6.45, 7) is -2.87. The predicted octanol–water partition coefficient (Wildman–Crippen LogP) is 9.57. The second kappa shape index (κ2) is 14.7. The second-order valence-corrected chi connectivity index (χ2v) is 29.5. The zero-order valence-corrected chi connectivity index (χ0v) is 37.5. The third kappa shape index (κ3) is 5.46. The van der Waals surface area contributed by atoms with E-state index in [1.807, 2.05) is 0 Å². The minimum absolute atomic E-state index is 0.577. The van der Waals surface area contributed by atoms with Crippen molar-refractivity contribution in [2.45, 2.75) is 0 Å². The number of hydrogen-bond acceptors (Lipinski definition) is 3. The van der Waals surface area contributed by atoms with Gasteiger partial charge >= 0.3 is 377 Å². The van der Waals surface area contributed by atoms with Gasteiger partial charge in [0.05, 0.1) is 0 Å². The van der Waals surface area contributed by atoms with E-state index in [1.165, 1.54) is 35.4 Å². The van der Waals surface area contributed by atoms with E-state index in [2.05, 4.69) is 240 Å². The van der Waals surface area contributed by atoms with E-state index in [0.29, 0.717) is 17.7 Å². The monoisotopic (exact) mass is 895 g/mol. The summed E-state index contributed by atoms with van der Waals surface area (Å²) in [6, 6.07) is 84.7. The first-order chi connectivity index (χ1) is 31.8. The van der Waals surface area contributed by atoms with Crippen molar-refractivity contribution in [1.82, 2.24) is 24.1 Å². The van der Waals surface area contributed by atoms with Crippen LogP contribution < -0.4 is 24.3 Å². The molecule has 300 valence electrons. The molecular formula is C57H38AsN5Si. The maximum absolute atomic E-state index is 5.51. The van der Waals surface area contributed by atoms with Crippen LogP contribution in [0.3, 0.4) is 0 Å². The quantitative estimate of drug-likeness (QED) is 0.118. The van der Waals surface area contributed by atoms with Crippen LogP contribution in [0.5, 0.6) is 0 Å². The third-order valence-electron chi connectivity index (χ3n) is 13.0. The van der Waals surface area contributed by atoms with Crippen LogP contribution in [0.1, 0.15) is 0 Å². The molecule has 0 amide bonds. The standard InChI is InChI=1S/C57H38AsN5Si/c1-3-21-40(22-4-1)64(41-23-5-2-6-24-41,58-49-32-13-7-26-43(49)44-27-8-14-33-50(44)58)42-25-19-20-39(38-42)55-59-56(62-51-34-15-9-28-45(51)46-29-10-16-35-52(46)62)61-57(60-55)63-53-36-17-11-30-47(53)48-31-12-18-37-54(48)63/h1-38H. The number of para-hydroxylation sites is 4. The van der Waals surface area contributed by atoms with Crippen molar-refractivity contribution in [2.75, 3.05) is 0 Å². The summed E-state index contributed by atoms with van der Waals surface area (Å²) in [5, 5.41) is 8.81. The fraction of sp³-hybridized carbons (Fsp3) is 0. The van der Waals surface area contributed by atoms with Gasteiger partial charge < -0.3 is 0 Å². The van der Waals surface area contributed by atoms with E-state index in [4.69, 9.17) is 15.0 Å². The molecule has 0 bridgehead atoms. The van der Waals surface area contributed by atoms with Gasteiger partial charge in [0.2, 0.25) is 0 Å². The molecular weight excluding hydrogens is 858 g/mol. The first-order valence-corrected chi connectivity index (χ1v) is 28.3. The average Bonchev–Trinajstić information content (AvgIpc) is 4.01. The fourth-order valence-electron chi connectivity index (χ4n) is 10.4. The number of rotatable bonds is 7. The summed E-state index contributed by atoms with van der Waals surface area (Å²) in [7, 11) is 0. The van der Waals surface area contributed by atoms with Gasteiger partial charge in [0.1, 0.15) is 0 Å². The molecule has 1 aliphatic rings. The van der Waals surface area contributed by atoms with Crippen molar-refractivity contribution in [3.8, 4) is 34.4 Å². The molecule has 0 N–H and O–H groups in total. The first kappa shape index (κ1) is 37.0. The molecule has 0 atom stereocenters. The van der Waals surface area contributed by atoms with Crippen molar-refractivity contribution < 1.29 is 0 Å². The van der Waals surface area contributed by atoms with Gasteiger partial charge in [-0.2, -0.15) is 0 Å². The average molecular weight is 896 g/mol. The second-order valence-electron chi connectivity index (χ2n) is 16.4. The number of fused-ring (bicyclic) bond motifs is 9. The molecule has 9 aromatic carbocycles. The maximum atomic E-state index is 5.51. The Morgan fingerprint density at radius 3 is 1.16 bits per heavy atom. The Bertz CT molecular complexity index is 3440. The SMILES string of the molecule is c1ccc([Si](c2ccccc2)(c2cccc(-c3nc(-n4c5ccccc5c5ccccc54)nc(-n4c5ccccc5c5ccccc54)n3)c2)[As]2c3ccccc3-c3ccccc32)cc1. The van der Waals surface area contributed by atoms with Gasteiger partial charge in [-0.15, -0.1) is 0 Å². The minimum atomic E-state index is -2.87. The molecule has 0 spiro atoms. The normalized spacial score (nSPS) is 12.6. The van der Waals surface area contributed by atoms with Gasteiger partial charge in [-0.25, -0.2) is 0 Å². The van der Waals surface area contributed by atoms with Gasteiger partial charge in [0.25, 0.3) is 0 Å². The van der Waals surface area contributed by atoms with Gasteiger partial charge in [-0.1, -0.05) is 0 Å². The Morgan fingerprint density at radius 2 is 0.703 bits per heavy atom. The Hall–Kier alpha value is -7.63. The predicted molar refractivity (Wildman–Crippen MR) is 268 cm³/mol. The molecule has 13 rings (SSSR count). The van der Waals surface area contributed by atoms with E-state index in [0.717, 1.165) is 49.2 Å². The zero-order valence-electron chi connectivity index (χ0n) is 34.6. The van der Waals surface area contributed by atoms with E-state index in [9.17, 15) is 0 Å². The molecule has 0 radical (unpaired) electrons. The van der Waals surface area contributed by atoms with Crippen molar-refractivity contribution in [3.63, 3.8) is 0 Å². The molecule has 0 fully saturated rings. The van der Waals surface area contributed by atoms with Crippen LogP contribution in [0.15, 0.2) is 231 Å². The molecule has 0 saturated heterocycles. The summed E-state index contributed by atoms with van der Waals surface area (Å²) >= 11 is -2.17. The van der Waals surface area contributed by atoms with Crippen LogP contribution in [-0.2, 0) is 0 Å². The topological polar surface area (TPSA) is 48.5 Å². The summed E-state index contributed by atoms with van der Waals surface area (Å²) in [5.41, 5.74) is 7.91. The Kier molecular flexibility index (Phi) is 8.51.